The van der Waals surface area contributed by atoms with Gasteiger partial charge in [-0.3, -0.25) is 14.9 Å². The smallest absolute Gasteiger partial charge is 0.310 e. The van der Waals surface area contributed by atoms with Gasteiger partial charge in [-0.25, -0.2) is 0 Å². The van der Waals surface area contributed by atoms with Gasteiger partial charge < -0.3 is 10.4 Å². The topological polar surface area (TPSA) is 92.5 Å². The first-order valence-electron chi connectivity index (χ1n) is 5.24. The monoisotopic (exact) mass is 270 g/mol. The average Bonchev–Trinajstić information content (AvgIpc) is 2.21. The minimum atomic E-state index is -0.975. The van der Waals surface area contributed by atoms with E-state index >= 15 is 0 Å². The molecular formula is C10H12BClN2O4. The van der Waals surface area contributed by atoms with Crippen molar-refractivity contribution in [1.29, 1.82) is 0 Å². The molecule has 0 saturated carbocycles. The minimum absolute atomic E-state index is 0.0237. The number of nitrogens with one attached hydrogen (secondary N) is 1. The van der Waals surface area contributed by atoms with Crippen LogP contribution in [0.3, 0.4) is 0 Å². The van der Waals surface area contributed by atoms with Crippen molar-refractivity contribution < 1.29 is 14.8 Å². The molecule has 0 aromatic heterocycles. The maximum atomic E-state index is 11.0. The molecule has 1 atom stereocenters. The highest BCUT2D eigenvalue weighted by Crippen LogP contribution is 2.31. The Bertz CT molecular complexity index is 495. The summed E-state index contributed by atoms with van der Waals surface area (Å²) >= 11 is 5.79. The molecule has 6 nitrogen and oxygen atoms in total. The zero-order valence-corrected chi connectivity index (χ0v) is 10.7. The van der Waals surface area contributed by atoms with Crippen molar-refractivity contribution in [3.05, 3.63) is 27.3 Å². The fraction of sp³-hybridized carbons (Fsp3) is 0.300. The van der Waals surface area contributed by atoms with E-state index < -0.39 is 16.9 Å². The number of nitrogens with zero attached hydrogens (tertiary/aromatic N) is 1. The molecule has 0 unspecified atom stereocenters. The molecule has 0 spiro atoms. The van der Waals surface area contributed by atoms with Crippen LogP contribution in [0.4, 0.5) is 11.4 Å². The normalized spacial score (nSPS) is 11.9. The Morgan fingerprint density at radius 1 is 1.67 bits per heavy atom. The van der Waals surface area contributed by atoms with Crippen LogP contribution in [0.2, 0.25) is 5.02 Å². The molecule has 0 aliphatic rings. The zero-order valence-electron chi connectivity index (χ0n) is 9.94. The summed E-state index contributed by atoms with van der Waals surface area (Å²) in [5, 5.41) is 22.5. The van der Waals surface area contributed by atoms with Gasteiger partial charge in [0, 0.05) is 6.04 Å². The Hall–Kier alpha value is -1.76. The zero-order chi connectivity index (χ0) is 13.9. The molecule has 0 aliphatic heterocycles. The SMILES string of the molecule is Bc1ccc(Cl)c([N+](=O)[O-])c1N[C@H](C)CC(=O)O. The molecule has 0 radical (unpaired) electrons. The summed E-state index contributed by atoms with van der Waals surface area (Å²) in [6, 6.07) is 2.66. The van der Waals surface area contributed by atoms with Gasteiger partial charge in [-0.2, -0.15) is 0 Å². The Morgan fingerprint density at radius 2 is 2.28 bits per heavy atom. The first-order chi connectivity index (χ1) is 8.32. The third kappa shape index (κ3) is 3.37. The molecule has 0 bridgehead atoms. The van der Waals surface area contributed by atoms with Crippen LogP contribution in [0.5, 0.6) is 0 Å². The van der Waals surface area contributed by atoms with Crippen molar-refractivity contribution >= 4 is 42.3 Å². The van der Waals surface area contributed by atoms with E-state index in [9.17, 15) is 14.9 Å². The summed E-state index contributed by atoms with van der Waals surface area (Å²) in [7, 11) is 1.69. The van der Waals surface area contributed by atoms with E-state index in [1.165, 1.54) is 6.07 Å². The van der Waals surface area contributed by atoms with Crippen molar-refractivity contribution in [3.8, 4) is 0 Å². The van der Waals surface area contributed by atoms with Gasteiger partial charge in [0.1, 0.15) is 18.6 Å². The molecule has 2 N–H and O–H groups in total. The van der Waals surface area contributed by atoms with Gasteiger partial charge in [0.15, 0.2) is 0 Å². The maximum absolute atomic E-state index is 11.0. The number of rotatable bonds is 5. The van der Waals surface area contributed by atoms with Crippen LogP contribution in [-0.2, 0) is 4.79 Å². The molecule has 0 fully saturated rings. The average molecular weight is 270 g/mol. The number of nitro groups is 1. The number of anilines is 1. The van der Waals surface area contributed by atoms with Crippen LogP contribution in [0.1, 0.15) is 13.3 Å². The Kier molecular flexibility index (Phi) is 4.55. The van der Waals surface area contributed by atoms with Gasteiger partial charge in [0.2, 0.25) is 0 Å². The number of hydrogen-bond acceptors (Lipinski definition) is 4. The Balaban J connectivity index is 3.10. The van der Waals surface area contributed by atoms with Crippen LogP contribution >= 0.6 is 11.6 Å². The van der Waals surface area contributed by atoms with E-state index in [1.807, 2.05) is 0 Å². The second-order valence-electron chi connectivity index (χ2n) is 3.99. The van der Waals surface area contributed by atoms with Gasteiger partial charge in [0.25, 0.3) is 0 Å². The molecule has 0 aliphatic carbocycles. The van der Waals surface area contributed by atoms with Crippen LogP contribution < -0.4 is 10.8 Å². The third-order valence-electron chi connectivity index (χ3n) is 2.39. The lowest BCUT2D eigenvalue weighted by atomic mass is 9.92. The summed E-state index contributed by atoms with van der Waals surface area (Å²) in [6.45, 7) is 1.64. The third-order valence-corrected chi connectivity index (χ3v) is 2.70. The molecule has 18 heavy (non-hydrogen) atoms. The lowest BCUT2D eigenvalue weighted by molar-refractivity contribution is -0.383. The number of benzene rings is 1. The fourth-order valence-electron chi connectivity index (χ4n) is 1.59. The summed E-state index contributed by atoms with van der Waals surface area (Å²) in [6.07, 6.45) is -0.136. The van der Waals surface area contributed by atoms with E-state index in [2.05, 4.69) is 5.32 Å². The van der Waals surface area contributed by atoms with Crippen LogP contribution in [0.15, 0.2) is 12.1 Å². The fourth-order valence-corrected chi connectivity index (χ4v) is 1.81. The summed E-state index contributed by atoms with van der Waals surface area (Å²) in [5.74, 6) is -0.975. The molecule has 0 amide bonds. The highest BCUT2D eigenvalue weighted by molar-refractivity contribution is 6.39. The maximum Gasteiger partial charge on any atom is 0.310 e. The highest BCUT2D eigenvalue weighted by atomic mass is 35.5. The molecular weight excluding hydrogens is 258 g/mol. The van der Waals surface area contributed by atoms with Crippen molar-refractivity contribution in [1.82, 2.24) is 0 Å². The lowest BCUT2D eigenvalue weighted by Gasteiger charge is -2.16. The second-order valence-corrected chi connectivity index (χ2v) is 4.40. The quantitative estimate of drug-likeness (QED) is 0.468. The summed E-state index contributed by atoms with van der Waals surface area (Å²) < 4.78 is 0. The van der Waals surface area contributed by atoms with E-state index in [4.69, 9.17) is 16.7 Å². The molecule has 1 aromatic rings. The molecule has 1 aromatic carbocycles. The standard InChI is InChI=1S/C10H12BClN2O4/c1-5(4-8(15)16)13-9-6(11)2-3-7(12)10(9)14(17)18/h2-3,5,13H,4,11H2,1H3,(H,15,16)/t5-/m1/s1. The van der Waals surface area contributed by atoms with Crippen molar-refractivity contribution in [2.45, 2.75) is 19.4 Å². The number of carboxylic acid groups (broad SMARTS) is 1. The molecule has 8 heteroatoms. The summed E-state index contributed by atoms with van der Waals surface area (Å²) in [5.41, 5.74) is 0.679. The molecule has 96 valence electrons. The van der Waals surface area contributed by atoms with E-state index in [0.717, 1.165) is 0 Å². The van der Waals surface area contributed by atoms with Crippen molar-refractivity contribution in [2.24, 2.45) is 0 Å². The van der Waals surface area contributed by atoms with Gasteiger partial charge >= 0.3 is 11.7 Å². The number of aliphatic carboxylic acids is 1. The molecule has 0 heterocycles. The predicted octanol–water partition coefficient (Wildman–Crippen LogP) is 0.782. The number of carboxylic acids is 1. The van der Waals surface area contributed by atoms with Gasteiger partial charge in [-0.1, -0.05) is 23.1 Å². The van der Waals surface area contributed by atoms with Crippen LogP contribution in [0, 0.1) is 10.1 Å². The largest absolute Gasteiger partial charge is 0.481 e. The van der Waals surface area contributed by atoms with Gasteiger partial charge in [-0.05, 0) is 13.0 Å². The van der Waals surface area contributed by atoms with Gasteiger partial charge in [-0.15, -0.1) is 0 Å². The lowest BCUT2D eigenvalue weighted by Crippen LogP contribution is -2.24. The molecule has 0 saturated heterocycles. The highest BCUT2D eigenvalue weighted by Gasteiger charge is 2.22. The second kappa shape index (κ2) is 5.73. The van der Waals surface area contributed by atoms with Gasteiger partial charge in [0.05, 0.1) is 11.3 Å². The Labute approximate surface area is 110 Å². The number of halogens is 1. The van der Waals surface area contributed by atoms with E-state index in [1.54, 1.807) is 20.8 Å². The minimum Gasteiger partial charge on any atom is -0.481 e. The van der Waals surface area contributed by atoms with Crippen molar-refractivity contribution in [3.63, 3.8) is 0 Å². The first-order valence-corrected chi connectivity index (χ1v) is 5.62. The molecule has 1 rings (SSSR count). The van der Waals surface area contributed by atoms with E-state index in [-0.39, 0.29) is 22.8 Å². The summed E-state index contributed by atoms with van der Waals surface area (Å²) in [4.78, 5) is 21.0. The first kappa shape index (κ1) is 14.3. The number of nitro benzene ring substituents is 1. The van der Waals surface area contributed by atoms with E-state index in [0.29, 0.717) is 5.46 Å². The number of carbonyl (C=O) groups is 1. The predicted molar refractivity (Wildman–Crippen MR) is 71.6 cm³/mol. The van der Waals surface area contributed by atoms with Crippen molar-refractivity contribution in [2.75, 3.05) is 5.32 Å². The van der Waals surface area contributed by atoms with Crippen LogP contribution in [-0.4, -0.2) is 29.9 Å². The Morgan fingerprint density at radius 3 is 2.78 bits per heavy atom. The number of hydrogen-bond donors (Lipinski definition) is 2. The van der Waals surface area contributed by atoms with Crippen LogP contribution in [0.25, 0.3) is 0 Å².